The van der Waals surface area contributed by atoms with Gasteiger partial charge in [-0.25, -0.2) is 0 Å². The van der Waals surface area contributed by atoms with Crippen molar-refractivity contribution in [2.75, 3.05) is 35.0 Å². The standard InChI is InChI=1S/C56H62N4O9S2/c1-33-20-41-38(26-47(61)45-24-36-12-6-8-14-43(36)59(45)54(41)65)28-49(33)68-31-34-21-35(23-40(22-34)58-53(64)16-10-18-56(2,3)71-70-19-11-17-52(63)57-4)32-69-51-29-39-27-48(62)46-25-37-13-7-9-15-44(37)60(46)55(66)42(39)30-50(51)67-5/h6-9,12-15,20-23,28-30,45-48,61-62H,10-11,16-19,24-27,31-32H2,1-5H3,(H,57,63)(H,58,64)/t45-,46-,47?,48?/m0/s1. The lowest BCUT2D eigenvalue weighted by molar-refractivity contribution is -0.120. The van der Waals surface area contributed by atoms with Crippen LogP contribution < -0.4 is 34.6 Å². The Kier molecular flexibility index (Phi) is 15.0. The smallest absolute Gasteiger partial charge is 0.259 e. The number of carbonyl (C=O) groups is 4. The SMILES string of the molecule is CNC(=O)CCCSSC(C)(C)CCCC(=O)Nc1cc(COc2cc3c(cc2C)C(=O)N2c4ccccc4C[C@H]2C(O)C3)cc(COc2cc3c(cc2OC)C(=O)N2c4ccccc4C[C@H]2C(O)C3)c1. The maximum atomic E-state index is 14.2. The largest absolute Gasteiger partial charge is 0.493 e. The highest BCUT2D eigenvalue weighted by Crippen LogP contribution is 2.43. The molecule has 0 radical (unpaired) electrons. The Morgan fingerprint density at radius 1 is 0.690 bits per heavy atom. The quantitative estimate of drug-likeness (QED) is 0.0489. The van der Waals surface area contributed by atoms with Gasteiger partial charge in [0.25, 0.3) is 11.8 Å². The molecule has 0 bridgehead atoms. The van der Waals surface area contributed by atoms with E-state index in [9.17, 15) is 29.4 Å². The number of amides is 4. The molecule has 13 nitrogen and oxygen atoms in total. The van der Waals surface area contributed by atoms with Crippen LogP contribution in [0, 0.1) is 6.92 Å². The van der Waals surface area contributed by atoms with Gasteiger partial charge in [0.1, 0.15) is 19.0 Å². The fourth-order valence-corrected chi connectivity index (χ4v) is 13.0. The van der Waals surface area contributed by atoms with Crippen molar-refractivity contribution in [1.82, 2.24) is 5.32 Å². The second-order valence-electron chi connectivity index (χ2n) is 19.6. The molecule has 0 fully saturated rings. The number of aliphatic hydroxyl groups is 2. The highest BCUT2D eigenvalue weighted by Gasteiger charge is 2.43. The Bertz CT molecular complexity index is 2850. The summed E-state index contributed by atoms with van der Waals surface area (Å²) in [6, 6.07) is 27.8. The number of aryl methyl sites for hydroxylation is 1. The van der Waals surface area contributed by atoms with Gasteiger partial charge in [0.2, 0.25) is 11.8 Å². The molecule has 4 N–H and O–H groups in total. The zero-order valence-electron chi connectivity index (χ0n) is 40.9. The van der Waals surface area contributed by atoms with Crippen LogP contribution in [0.5, 0.6) is 17.2 Å². The van der Waals surface area contributed by atoms with Crippen molar-refractivity contribution in [3.05, 3.63) is 141 Å². The number of hydrogen-bond donors (Lipinski definition) is 4. The minimum absolute atomic E-state index is 0.0453. The molecule has 5 aromatic carbocycles. The van der Waals surface area contributed by atoms with E-state index in [2.05, 4.69) is 24.5 Å². The third-order valence-corrected chi connectivity index (χ3v) is 17.4. The first-order valence-corrected chi connectivity index (χ1v) is 26.7. The second-order valence-corrected chi connectivity index (χ2v) is 22.7. The Morgan fingerprint density at radius 3 is 1.83 bits per heavy atom. The third-order valence-electron chi connectivity index (χ3n) is 14.0. The lowest BCUT2D eigenvalue weighted by Gasteiger charge is -2.26. The second kappa shape index (κ2) is 21.4. The Morgan fingerprint density at radius 2 is 1.24 bits per heavy atom. The van der Waals surface area contributed by atoms with Gasteiger partial charge < -0.3 is 44.9 Å². The number of rotatable bonds is 18. The topological polar surface area (TPSA) is 167 Å². The number of aliphatic hydroxyl groups excluding tert-OH is 2. The zero-order valence-corrected chi connectivity index (χ0v) is 42.6. The molecular formula is C56H62N4O9S2. The Balaban J connectivity index is 0.924. The van der Waals surface area contributed by atoms with Crippen molar-refractivity contribution >= 4 is 62.3 Å². The van der Waals surface area contributed by atoms with Crippen molar-refractivity contribution in [2.24, 2.45) is 0 Å². The summed E-state index contributed by atoms with van der Waals surface area (Å²) in [6.45, 7) is 6.46. The highest BCUT2D eigenvalue weighted by atomic mass is 33.1. The summed E-state index contributed by atoms with van der Waals surface area (Å²) in [5.74, 6) is 1.83. The molecular weight excluding hydrogens is 937 g/mol. The van der Waals surface area contributed by atoms with Crippen molar-refractivity contribution < 1.29 is 43.6 Å². The summed E-state index contributed by atoms with van der Waals surface area (Å²) in [5, 5.41) is 28.7. The van der Waals surface area contributed by atoms with Crippen molar-refractivity contribution in [2.45, 2.75) is 121 Å². The van der Waals surface area contributed by atoms with E-state index in [1.54, 1.807) is 50.6 Å². The van der Waals surface area contributed by atoms with Crippen LogP contribution in [0.3, 0.4) is 0 Å². The van der Waals surface area contributed by atoms with E-state index < -0.39 is 12.2 Å². The summed E-state index contributed by atoms with van der Waals surface area (Å²) in [7, 11) is 6.72. The number of hydrogen-bond acceptors (Lipinski definition) is 11. The number of para-hydroxylation sites is 2. The van der Waals surface area contributed by atoms with Gasteiger partial charge in [-0.1, -0.05) is 58.0 Å². The summed E-state index contributed by atoms with van der Waals surface area (Å²) in [4.78, 5) is 56.9. The summed E-state index contributed by atoms with van der Waals surface area (Å²) < 4.78 is 18.7. The van der Waals surface area contributed by atoms with Crippen LogP contribution in [-0.2, 0) is 48.5 Å². The molecule has 15 heteroatoms. The zero-order chi connectivity index (χ0) is 50.0. The van der Waals surface area contributed by atoms with Gasteiger partial charge in [0, 0.05) is 71.4 Å². The van der Waals surface area contributed by atoms with Gasteiger partial charge in [-0.3, -0.25) is 19.2 Å². The first kappa shape index (κ1) is 50.0. The third kappa shape index (κ3) is 10.9. The monoisotopic (exact) mass is 998 g/mol. The fourth-order valence-electron chi connectivity index (χ4n) is 10.3. The molecule has 2 unspecified atom stereocenters. The van der Waals surface area contributed by atoms with Crippen molar-refractivity contribution in [3.63, 3.8) is 0 Å². The molecule has 4 atom stereocenters. The van der Waals surface area contributed by atoms with E-state index >= 15 is 0 Å². The van der Waals surface area contributed by atoms with Crippen molar-refractivity contribution in [1.29, 1.82) is 0 Å². The number of ether oxygens (including phenoxy) is 3. The normalized spacial score (nSPS) is 18.8. The molecule has 372 valence electrons. The molecule has 5 aromatic rings. The first-order chi connectivity index (χ1) is 34.2. The van der Waals surface area contributed by atoms with E-state index in [1.807, 2.05) is 85.8 Å². The van der Waals surface area contributed by atoms with E-state index in [0.717, 1.165) is 63.3 Å². The number of carbonyl (C=O) groups excluding carboxylic acids is 4. The van der Waals surface area contributed by atoms with Gasteiger partial charge >= 0.3 is 0 Å². The number of anilines is 3. The number of benzene rings is 5. The molecule has 0 aliphatic carbocycles. The van der Waals surface area contributed by atoms with E-state index in [4.69, 9.17) is 14.2 Å². The fraction of sp³-hybridized carbons (Fsp3) is 0.393. The maximum Gasteiger partial charge on any atom is 0.259 e. The molecule has 0 spiro atoms. The van der Waals surface area contributed by atoms with Gasteiger partial charge in [0.05, 0.1) is 31.4 Å². The summed E-state index contributed by atoms with van der Waals surface area (Å²) >= 11 is 0. The molecule has 4 heterocycles. The summed E-state index contributed by atoms with van der Waals surface area (Å²) in [5.41, 5.74) is 8.97. The molecule has 9 rings (SSSR count). The Hall–Kier alpha value is -6.00. The molecule has 4 amide bonds. The number of methoxy groups -OCH3 is 1. The predicted octanol–water partition coefficient (Wildman–Crippen LogP) is 8.93. The first-order valence-electron chi connectivity index (χ1n) is 24.4. The van der Waals surface area contributed by atoms with Gasteiger partial charge in [0.15, 0.2) is 11.5 Å². The lowest BCUT2D eigenvalue weighted by Crippen LogP contribution is -2.43. The number of fused-ring (bicyclic) bond motifs is 8. The maximum absolute atomic E-state index is 14.2. The van der Waals surface area contributed by atoms with Crippen LogP contribution in [0.4, 0.5) is 17.1 Å². The Labute approximate surface area is 423 Å². The molecule has 4 aliphatic heterocycles. The van der Waals surface area contributed by atoms with Crippen LogP contribution >= 0.6 is 21.6 Å². The molecule has 0 saturated heterocycles. The van der Waals surface area contributed by atoms with E-state index in [-0.39, 0.29) is 60.1 Å². The van der Waals surface area contributed by atoms with E-state index in [0.29, 0.717) is 78.2 Å². The van der Waals surface area contributed by atoms with Crippen LogP contribution in [0.25, 0.3) is 0 Å². The average molecular weight is 999 g/mol. The van der Waals surface area contributed by atoms with Crippen LogP contribution in [0.15, 0.2) is 91.0 Å². The number of nitrogens with zero attached hydrogens (tertiary/aromatic N) is 2. The lowest BCUT2D eigenvalue weighted by atomic mass is 9.96. The van der Waals surface area contributed by atoms with Crippen molar-refractivity contribution in [3.8, 4) is 17.2 Å². The molecule has 0 saturated carbocycles. The van der Waals surface area contributed by atoms with Gasteiger partial charge in [-0.15, -0.1) is 0 Å². The molecule has 71 heavy (non-hydrogen) atoms. The minimum atomic E-state index is -0.796. The van der Waals surface area contributed by atoms with Crippen LogP contribution in [0.1, 0.15) is 106 Å². The molecule has 4 aliphatic rings. The van der Waals surface area contributed by atoms with Gasteiger partial charge in [-0.05, 0) is 146 Å². The predicted molar refractivity (Wildman–Crippen MR) is 280 cm³/mol. The van der Waals surface area contributed by atoms with Gasteiger partial charge in [-0.2, -0.15) is 0 Å². The van der Waals surface area contributed by atoms with Crippen LogP contribution in [0.2, 0.25) is 0 Å². The molecule has 0 aromatic heterocycles. The minimum Gasteiger partial charge on any atom is -0.493 e. The highest BCUT2D eigenvalue weighted by molar-refractivity contribution is 8.77. The van der Waals surface area contributed by atoms with E-state index in [1.165, 1.54) is 7.11 Å². The number of nitrogens with one attached hydrogen (secondary N) is 2. The van der Waals surface area contributed by atoms with Crippen LogP contribution in [-0.4, -0.2) is 82.8 Å². The summed E-state index contributed by atoms with van der Waals surface area (Å²) in [6.07, 6.45) is 3.30. The average Bonchev–Trinajstić information content (AvgIpc) is 3.90.